The number of benzene rings is 1. The van der Waals surface area contributed by atoms with Crippen molar-refractivity contribution >= 4 is 5.96 Å². The number of rotatable bonds is 5. The van der Waals surface area contributed by atoms with E-state index >= 15 is 0 Å². The van der Waals surface area contributed by atoms with E-state index in [4.69, 9.17) is 14.5 Å². The molecule has 1 aromatic carbocycles. The second kappa shape index (κ2) is 8.20. The zero-order chi connectivity index (χ0) is 16.8. The van der Waals surface area contributed by atoms with E-state index in [-0.39, 0.29) is 0 Å². The van der Waals surface area contributed by atoms with Gasteiger partial charge in [-0.05, 0) is 25.0 Å². The van der Waals surface area contributed by atoms with E-state index in [1.807, 2.05) is 38.0 Å². The highest BCUT2D eigenvalue weighted by atomic mass is 16.5. The molecule has 0 saturated carbocycles. The molecule has 0 bridgehead atoms. The molecule has 1 fully saturated rings. The first-order valence-corrected chi connectivity index (χ1v) is 8.16. The summed E-state index contributed by atoms with van der Waals surface area (Å²) in [6.45, 7) is 5.08. The van der Waals surface area contributed by atoms with Gasteiger partial charge >= 0.3 is 0 Å². The Labute approximate surface area is 139 Å². The van der Waals surface area contributed by atoms with Gasteiger partial charge in [0.05, 0.1) is 19.8 Å². The Morgan fingerprint density at radius 3 is 2.61 bits per heavy atom. The molecule has 5 heteroatoms. The normalized spacial score (nSPS) is 17.0. The molecule has 1 unspecified atom stereocenters. The highest BCUT2D eigenvalue weighted by Gasteiger charge is 2.17. The fourth-order valence-corrected chi connectivity index (χ4v) is 2.69. The van der Waals surface area contributed by atoms with Crippen LogP contribution < -0.4 is 4.74 Å². The van der Waals surface area contributed by atoms with Gasteiger partial charge in [-0.3, -0.25) is 0 Å². The lowest BCUT2D eigenvalue weighted by Gasteiger charge is -2.23. The van der Waals surface area contributed by atoms with E-state index in [0.717, 1.165) is 36.9 Å². The van der Waals surface area contributed by atoms with Crippen LogP contribution >= 0.6 is 0 Å². The van der Waals surface area contributed by atoms with Crippen LogP contribution in [0.25, 0.3) is 0 Å². The molecule has 0 aromatic heterocycles. The van der Waals surface area contributed by atoms with E-state index in [1.165, 1.54) is 5.56 Å². The maximum atomic E-state index is 6.08. The van der Waals surface area contributed by atoms with Gasteiger partial charge in [-0.2, -0.15) is 0 Å². The number of aryl methyl sites for hydroxylation is 1. The molecule has 0 spiro atoms. The van der Waals surface area contributed by atoms with Gasteiger partial charge in [-0.25, -0.2) is 4.99 Å². The van der Waals surface area contributed by atoms with E-state index in [0.29, 0.717) is 19.1 Å². The number of hydrogen-bond donors (Lipinski definition) is 0. The van der Waals surface area contributed by atoms with Gasteiger partial charge < -0.3 is 19.3 Å². The average Bonchev–Trinajstić information content (AvgIpc) is 2.99. The Balaban J connectivity index is 2.09. The zero-order valence-electron chi connectivity index (χ0n) is 15.0. The molecule has 1 heterocycles. The lowest BCUT2D eigenvalue weighted by Crippen LogP contribution is -2.35. The van der Waals surface area contributed by atoms with Crippen molar-refractivity contribution in [2.75, 3.05) is 48.0 Å². The summed E-state index contributed by atoms with van der Waals surface area (Å²) in [4.78, 5) is 8.76. The Morgan fingerprint density at radius 2 is 2.00 bits per heavy atom. The van der Waals surface area contributed by atoms with Crippen molar-refractivity contribution < 1.29 is 9.47 Å². The summed E-state index contributed by atoms with van der Waals surface area (Å²) < 4.78 is 11.5. The fraction of sp³-hybridized carbons (Fsp3) is 0.611. The summed E-state index contributed by atoms with van der Waals surface area (Å²) in [7, 11) is 8.02. The van der Waals surface area contributed by atoms with Crippen molar-refractivity contribution in [1.82, 2.24) is 9.80 Å². The van der Waals surface area contributed by atoms with Crippen LogP contribution in [0.2, 0.25) is 0 Å². The molecule has 0 radical (unpaired) electrons. The minimum absolute atomic E-state index is 0.506. The molecule has 0 aliphatic carbocycles. The van der Waals surface area contributed by atoms with Crippen LogP contribution in [0.3, 0.4) is 0 Å². The third-order valence-electron chi connectivity index (χ3n) is 3.91. The summed E-state index contributed by atoms with van der Waals surface area (Å²) in [5, 5.41) is 0. The SMILES string of the molecule is Cc1ccc(CN=C(N(C)C)N(C)C)c(OCC2CCOC2)c1. The van der Waals surface area contributed by atoms with Gasteiger partial charge in [0.25, 0.3) is 0 Å². The van der Waals surface area contributed by atoms with Gasteiger partial charge in [0.2, 0.25) is 0 Å². The minimum Gasteiger partial charge on any atom is -0.493 e. The van der Waals surface area contributed by atoms with Gasteiger partial charge in [-0.15, -0.1) is 0 Å². The van der Waals surface area contributed by atoms with Gasteiger partial charge in [-0.1, -0.05) is 12.1 Å². The van der Waals surface area contributed by atoms with Crippen LogP contribution in [-0.2, 0) is 11.3 Å². The minimum atomic E-state index is 0.506. The van der Waals surface area contributed by atoms with Crippen LogP contribution in [0.4, 0.5) is 0 Å². The topological polar surface area (TPSA) is 37.3 Å². The van der Waals surface area contributed by atoms with E-state index in [2.05, 4.69) is 25.1 Å². The smallest absolute Gasteiger partial charge is 0.195 e. The molecule has 5 nitrogen and oxygen atoms in total. The molecule has 1 saturated heterocycles. The second-order valence-corrected chi connectivity index (χ2v) is 6.56. The molecule has 0 amide bonds. The van der Waals surface area contributed by atoms with E-state index in [9.17, 15) is 0 Å². The first-order chi connectivity index (χ1) is 11.0. The summed E-state index contributed by atoms with van der Waals surface area (Å²) in [5.41, 5.74) is 2.33. The van der Waals surface area contributed by atoms with Crippen molar-refractivity contribution in [2.45, 2.75) is 19.9 Å². The Hall–Kier alpha value is -1.75. The summed E-state index contributed by atoms with van der Waals surface area (Å²) in [6.07, 6.45) is 1.09. The predicted molar refractivity (Wildman–Crippen MR) is 94.1 cm³/mol. The summed E-state index contributed by atoms with van der Waals surface area (Å²) in [6, 6.07) is 6.33. The molecule has 0 N–H and O–H groups in total. The van der Waals surface area contributed by atoms with Crippen LogP contribution in [0.1, 0.15) is 17.5 Å². The first kappa shape index (κ1) is 17.6. The molecular formula is C18H29N3O2. The number of nitrogens with zero attached hydrogens (tertiary/aromatic N) is 3. The molecule has 1 aliphatic heterocycles. The summed E-state index contributed by atoms with van der Waals surface area (Å²) >= 11 is 0. The molecular weight excluding hydrogens is 290 g/mol. The first-order valence-electron chi connectivity index (χ1n) is 8.16. The number of aliphatic imine (C=N–C) groups is 1. The lowest BCUT2D eigenvalue weighted by molar-refractivity contribution is 0.166. The monoisotopic (exact) mass is 319 g/mol. The van der Waals surface area contributed by atoms with Crippen LogP contribution in [-0.4, -0.2) is 63.8 Å². The van der Waals surface area contributed by atoms with E-state index in [1.54, 1.807) is 0 Å². The van der Waals surface area contributed by atoms with Crippen molar-refractivity contribution in [2.24, 2.45) is 10.9 Å². The fourth-order valence-electron chi connectivity index (χ4n) is 2.69. The zero-order valence-corrected chi connectivity index (χ0v) is 15.0. The maximum Gasteiger partial charge on any atom is 0.195 e. The van der Waals surface area contributed by atoms with Crippen molar-refractivity contribution in [3.05, 3.63) is 29.3 Å². The van der Waals surface area contributed by atoms with Gasteiger partial charge in [0, 0.05) is 46.3 Å². The third-order valence-corrected chi connectivity index (χ3v) is 3.91. The predicted octanol–water partition coefficient (Wildman–Crippen LogP) is 2.39. The molecule has 2 rings (SSSR count). The lowest BCUT2D eigenvalue weighted by atomic mass is 10.1. The van der Waals surface area contributed by atoms with Crippen molar-refractivity contribution in [1.29, 1.82) is 0 Å². The number of guanidine groups is 1. The molecule has 1 aromatic rings. The van der Waals surface area contributed by atoms with Crippen molar-refractivity contribution in [3.8, 4) is 5.75 Å². The molecule has 1 atom stereocenters. The molecule has 1 aliphatic rings. The van der Waals surface area contributed by atoms with Crippen LogP contribution in [0, 0.1) is 12.8 Å². The van der Waals surface area contributed by atoms with Crippen LogP contribution in [0.5, 0.6) is 5.75 Å². The van der Waals surface area contributed by atoms with Crippen LogP contribution in [0.15, 0.2) is 23.2 Å². The highest BCUT2D eigenvalue weighted by Crippen LogP contribution is 2.23. The maximum absolute atomic E-state index is 6.08. The standard InChI is InChI=1S/C18H29N3O2/c1-14-6-7-16(11-19-18(20(2)3)21(4)5)17(10-14)23-13-15-8-9-22-12-15/h6-7,10,15H,8-9,11-13H2,1-5H3. The van der Waals surface area contributed by atoms with E-state index < -0.39 is 0 Å². The largest absolute Gasteiger partial charge is 0.493 e. The number of hydrogen-bond acceptors (Lipinski definition) is 3. The highest BCUT2D eigenvalue weighted by molar-refractivity contribution is 5.79. The number of ether oxygens (including phenoxy) is 2. The van der Waals surface area contributed by atoms with Gasteiger partial charge in [0.15, 0.2) is 5.96 Å². The average molecular weight is 319 g/mol. The Morgan fingerprint density at radius 1 is 1.26 bits per heavy atom. The quantitative estimate of drug-likeness (QED) is 0.617. The summed E-state index contributed by atoms with van der Waals surface area (Å²) in [5.74, 6) is 2.39. The third kappa shape index (κ3) is 5.13. The van der Waals surface area contributed by atoms with Gasteiger partial charge in [0.1, 0.15) is 5.75 Å². The molecule has 23 heavy (non-hydrogen) atoms. The Bertz CT molecular complexity index is 525. The second-order valence-electron chi connectivity index (χ2n) is 6.56. The molecule has 128 valence electrons. The van der Waals surface area contributed by atoms with Crippen molar-refractivity contribution in [3.63, 3.8) is 0 Å². The Kier molecular flexibility index (Phi) is 6.28.